The van der Waals surface area contributed by atoms with Gasteiger partial charge in [0, 0.05) is 56.4 Å². The van der Waals surface area contributed by atoms with Crippen molar-refractivity contribution >= 4 is 29.0 Å². The highest BCUT2D eigenvalue weighted by atomic mass is 19.4. The van der Waals surface area contributed by atoms with E-state index in [1.807, 2.05) is 23.0 Å². The number of aryl methyl sites for hydroxylation is 1. The normalized spacial score (nSPS) is 17.8. The second-order valence-corrected chi connectivity index (χ2v) is 10.2. The number of nitrogens with one attached hydrogen (secondary N) is 3. The van der Waals surface area contributed by atoms with Gasteiger partial charge in [-0.05, 0) is 43.7 Å². The number of nitrogens with zero attached hydrogens (tertiary/aromatic N) is 6. The average molecular weight is 568 g/mol. The number of rotatable bonds is 5. The molecule has 41 heavy (non-hydrogen) atoms. The molecule has 0 spiro atoms. The quantitative estimate of drug-likeness (QED) is 0.339. The van der Waals surface area contributed by atoms with E-state index in [0.717, 1.165) is 24.7 Å². The number of hydrogen-bond acceptors (Lipinski definition) is 7. The molecule has 2 aliphatic heterocycles. The van der Waals surface area contributed by atoms with Crippen LogP contribution in [-0.4, -0.2) is 85.4 Å². The van der Waals surface area contributed by atoms with Crippen molar-refractivity contribution in [1.82, 2.24) is 39.7 Å². The number of piperazine rings is 1. The van der Waals surface area contributed by atoms with Gasteiger partial charge in [0.15, 0.2) is 11.5 Å². The summed E-state index contributed by atoms with van der Waals surface area (Å²) in [6.45, 7) is 5.41. The molecule has 11 nitrogen and oxygen atoms in total. The molecule has 0 unspecified atom stereocenters. The number of aromatic nitrogens is 5. The summed E-state index contributed by atoms with van der Waals surface area (Å²) in [6, 6.07) is 5.30. The van der Waals surface area contributed by atoms with Gasteiger partial charge in [0.25, 0.3) is 5.91 Å². The van der Waals surface area contributed by atoms with Crippen LogP contribution in [0.1, 0.15) is 28.0 Å². The molecule has 3 aromatic heterocycles. The van der Waals surface area contributed by atoms with Crippen molar-refractivity contribution < 1.29 is 22.8 Å². The molecule has 1 aromatic carbocycles. The molecule has 0 aliphatic carbocycles. The second kappa shape index (κ2) is 10.5. The lowest BCUT2D eigenvalue weighted by Gasteiger charge is -2.36. The van der Waals surface area contributed by atoms with Crippen LogP contribution in [0.2, 0.25) is 0 Å². The van der Waals surface area contributed by atoms with Gasteiger partial charge in [0.05, 0.1) is 29.6 Å². The van der Waals surface area contributed by atoms with Gasteiger partial charge < -0.3 is 20.4 Å². The summed E-state index contributed by atoms with van der Waals surface area (Å²) in [5, 5.41) is 12.0. The fourth-order valence-corrected chi connectivity index (χ4v) is 5.45. The number of alkyl halides is 3. The third-order valence-electron chi connectivity index (χ3n) is 7.63. The van der Waals surface area contributed by atoms with Gasteiger partial charge in [-0.3, -0.25) is 19.1 Å². The second-order valence-electron chi connectivity index (χ2n) is 10.2. The Kier molecular flexibility index (Phi) is 6.85. The summed E-state index contributed by atoms with van der Waals surface area (Å²) in [7, 11) is 0. The van der Waals surface area contributed by atoms with Crippen LogP contribution in [0.5, 0.6) is 0 Å². The summed E-state index contributed by atoms with van der Waals surface area (Å²) in [4.78, 5) is 38.2. The molecule has 6 rings (SSSR count). The molecule has 0 radical (unpaired) electrons. The Balaban J connectivity index is 1.16. The van der Waals surface area contributed by atoms with Gasteiger partial charge in [0.2, 0.25) is 5.91 Å². The number of benzene rings is 1. The first-order chi connectivity index (χ1) is 19.7. The van der Waals surface area contributed by atoms with Crippen LogP contribution in [0.3, 0.4) is 0 Å². The number of hydrogen-bond donors (Lipinski definition) is 3. The highest BCUT2D eigenvalue weighted by Gasteiger charge is 2.37. The van der Waals surface area contributed by atoms with E-state index >= 15 is 0 Å². The number of imidazole rings is 1. The predicted octanol–water partition coefficient (Wildman–Crippen LogP) is 3.08. The molecular formula is C27H28F3N9O2. The van der Waals surface area contributed by atoms with E-state index in [1.54, 1.807) is 17.0 Å². The Labute approximate surface area is 232 Å². The van der Waals surface area contributed by atoms with Crippen molar-refractivity contribution in [3.63, 3.8) is 0 Å². The maximum atomic E-state index is 13.4. The standard InChI is InChI=1S/C27H28F3N9O2/c1-16-12-18(2-3-19(16)26(41)38-10-8-37(9-11-38)25(40)17-4-5-31-13-17)35-23-24-33-15-21(39(24)7-6-32-23)20-14-34-36-22(20)27(28,29)30/h2-3,6-7,12,14-15,17,31H,4-5,8-11,13H2,1H3,(H,32,35)(H,34,36)/t17-/m0/s1. The van der Waals surface area contributed by atoms with E-state index in [1.165, 1.54) is 23.0 Å². The summed E-state index contributed by atoms with van der Waals surface area (Å²) in [5.41, 5.74) is 1.41. The third kappa shape index (κ3) is 5.10. The number of amides is 2. The van der Waals surface area contributed by atoms with Crippen molar-refractivity contribution in [2.45, 2.75) is 19.5 Å². The molecule has 2 aliphatic rings. The Morgan fingerprint density at radius 1 is 1.07 bits per heavy atom. The van der Waals surface area contributed by atoms with Crippen LogP contribution in [0.25, 0.3) is 16.9 Å². The van der Waals surface area contributed by atoms with Crippen LogP contribution in [0.15, 0.2) is 43.0 Å². The predicted molar refractivity (Wildman–Crippen MR) is 143 cm³/mol. The number of carbonyl (C=O) groups excluding carboxylic acids is 2. The van der Waals surface area contributed by atoms with Crippen LogP contribution < -0.4 is 10.6 Å². The fourth-order valence-electron chi connectivity index (χ4n) is 5.45. The highest BCUT2D eigenvalue weighted by Crippen LogP contribution is 2.36. The van der Waals surface area contributed by atoms with Crippen LogP contribution in [-0.2, 0) is 11.0 Å². The zero-order chi connectivity index (χ0) is 28.7. The minimum atomic E-state index is -4.60. The summed E-state index contributed by atoms with van der Waals surface area (Å²) in [5.74, 6) is 0.430. The zero-order valence-electron chi connectivity index (χ0n) is 22.2. The molecule has 0 bridgehead atoms. The van der Waals surface area contributed by atoms with E-state index in [2.05, 4.69) is 25.7 Å². The Bertz CT molecular complexity index is 1600. The van der Waals surface area contributed by atoms with E-state index < -0.39 is 11.9 Å². The van der Waals surface area contributed by atoms with Gasteiger partial charge in [0.1, 0.15) is 5.69 Å². The Hall–Kier alpha value is -4.46. The number of anilines is 2. The van der Waals surface area contributed by atoms with E-state index in [4.69, 9.17) is 0 Å². The SMILES string of the molecule is Cc1cc(Nc2nccn3c(-c4cn[nH]c4C(F)(F)F)cnc23)ccc1C(=O)N1CCN(C(=O)[C@H]2CCNC2)CC1. The lowest BCUT2D eigenvalue weighted by molar-refractivity contribution is -0.140. The maximum Gasteiger partial charge on any atom is 0.433 e. The van der Waals surface area contributed by atoms with E-state index in [9.17, 15) is 22.8 Å². The largest absolute Gasteiger partial charge is 0.433 e. The zero-order valence-corrected chi connectivity index (χ0v) is 22.2. The molecule has 2 amide bonds. The summed E-state index contributed by atoms with van der Waals surface area (Å²) < 4.78 is 41.8. The molecule has 2 saturated heterocycles. The van der Waals surface area contributed by atoms with Gasteiger partial charge in [-0.2, -0.15) is 18.3 Å². The minimum Gasteiger partial charge on any atom is -0.339 e. The molecular weight excluding hydrogens is 539 g/mol. The summed E-state index contributed by atoms with van der Waals surface area (Å²) in [6.07, 6.45) is 1.70. The van der Waals surface area contributed by atoms with Gasteiger partial charge in [-0.15, -0.1) is 0 Å². The lowest BCUT2D eigenvalue weighted by Crippen LogP contribution is -2.52. The number of aromatic amines is 1. The molecule has 3 N–H and O–H groups in total. The van der Waals surface area contributed by atoms with E-state index in [0.29, 0.717) is 55.4 Å². The average Bonchev–Trinajstić information content (AvgIpc) is 3.73. The molecule has 4 aromatic rings. The highest BCUT2D eigenvalue weighted by molar-refractivity contribution is 5.96. The van der Waals surface area contributed by atoms with E-state index in [-0.39, 0.29) is 29.0 Å². The summed E-state index contributed by atoms with van der Waals surface area (Å²) >= 11 is 0. The first-order valence-corrected chi connectivity index (χ1v) is 13.3. The van der Waals surface area contributed by atoms with Gasteiger partial charge in [-0.25, -0.2) is 9.97 Å². The van der Waals surface area contributed by atoms with Crippen molar-refractivity contribution in [3.8, 4) is 11.3 Å². The lowest BCUT2D eigenvalue weighted by atomic mass is 10.0. The van der Waals surface area contributed by atoms with Crippen molar-refractivity contribution in [2.75, 3.05) is 44.6 Å². The molecule has 1 atom stereocenters. The number of carbonyl (C=O) groups is 2. The number of H-pyrrole nitrogens is 1. The first-order valence-electron chi connectivity index (χ1n) is 13.3. The molecule has 5 heterocycles. The van der Waals surface area contributed by atoms with Crippen molar-refractivity contribution in [1.29, 1.82) is 0 Å². The third-order valence-corrected chi connectivity index (χ3v) is 7.63. The molecule has 0 saturated carbocycles. The van der Waals surface area contributed by atoms with Crippen molar-refractivity contribution in [3.05, 3.63) is 59.8 Å². The minimum absolute atomic E-state index is 0.0245. The fraction of sp³-hybridized carbons (Fsp3) is 0.370. The van der Waals surface area contributed by atoms with Crippen LogP contribution in [0, 0.1) is 12.8 Å². The smallest absolute Gasteiger partial charge is 0.339 e. The topological polar surface area (TPSA) is 124 Å². The Morgan fingerprint density at radius 3 is 2.56 bits per heavy atom. The van der Waals surface area contributed by atoms with Crippen LogP contribution in [0.4, 0.5) is 24.7 Å². The van der Waals surface area contributed by atoms with Crippen LogP contribution >= 0.6 is 0 Å². The van der Waals surface area contributed by atoms with Crippen molar-refractivity contribution in [2.24, 2.45) is 5.92 Å². The van der Waals surface area contributed by atoms with Gasteiger partial charge in [-0.1, -0.05) is 0 Å². The Morgan fingerprint density at radius 2 is 1.85 bits per heavy atom. The van der Waals surface area contributed by atoms with Gasteiger partial charge >= 0.3 is 6.18 Å². The first kappa shape index (κ1) is 26.7. The molecule has 214 valence electrons. The maximum absolute atomic E-state index is 13.4. The number of halogens is 3. The molecule has 2 fully saturated rings. The number of fused-ring (bicyclic) bond motifs is 1. The monoisotopic (exact) mass is 567 g/mol. The molecule has 14 heteroatoms.